The Hall–Kier alpha value is -3.07. The standard InChI is InChI=1S/C13H9N3O3/c14-8-9-2-1-3-11(6-9)19-13-5-4-10(16(17)18)7-12(13)15/h1-7H,15H2. The highest BCUT2D eigenvalue weighted by Gasteiger charge is 2.10. The number of hydrogen-bond acceptors (Lipinski definition) is 5. The van der Waals surface area contributed by atoms with Crippen LogP contribution < -0.4 is 10.5 Å². The zero-order chi connectivity index (χ0) is 13.8. The topological polar surface area (TPSA) is 102 Å². The van der Waals surface area contributed by atoms with Gasteiger partial charge in [0, 0.05) is 12.1 Å². The van der Waals surface area contributed by atoms with Crippen LogP contribution in [0.5, 0.6) is 11.5 Å². The lowest BCUT2D eigenvalue weighted by atomic mass is 10.2. The highest BCUT2D eigenvalue weighted by atomic mass is 16.6. The summed E-state index contributed by atoms with van der Waals surface area (Å²) in [7, 11) is 0. The number of nitro groups is 1. The summed E-state index contributed by atoms with van der Waals surface area (Å²) < 4.78 is 5.49. The largest absolute Gasteiger partial charge is 0.455 e. The van der Waals surface area contributed by atoms with E-state index in [1.54, 1.807) is 24.3 Å². The second-order valence-corrected chi connectivity index (χ2v) is 3.72. The van der Waals surface area contributed by atoms with Crippen molar-refractivity contribution in [3.63, 3.8) is 0 Å². The molecule has 0 heterocycles. The molecule has 94 valence electrons. The van der Waals surface area contributed by atoms with Gasteiger partial charge in [0.15, 0.2) is 5.75 Å². The molecule has 0 saturated carbocycles. The molecule has 0 aliphatic carbocycles. The molecule has 6 nitrogen and oxygen atoms in total. The molecule has 0 saturated heterocycles. The third kappa shape index (κ3) is 2.79. The van der Waals surface area contributed by atoms with Crippen molar-refractivity contribution in [3.8, 4) is 17.6 Å². The van der Waals surface area contributed by atoms with Gasteiger partial charge in [-0.05, 0) is 24.3 Å². The Kier molecular flexibility index (Phi) is 3.30. The first kappa shape index (κ1) is 12.4. The van der Waals surface area contributed by atoms with E-state index in [-0.39, 0.29) is 11.4 Å². The van der Waals surface area contributed by atoms with Crippen LogP contribution in [-0.2, 0) is 0 Å². The van der Waals surface area contributed by atoms with Crippen LogP contribution >= 0.6 is 0 Å². The van der Waals surface area contributed by atoms with Gasteiger partial charge in [-0.1, -0.05) is 6.07 Å². The monoisotopic (exact) mass is 255 g/mol. The van der Waals surface area contributed by atoms with E-state index in [0.717, 1.165) is 0 Å². The number of hydrogen-bond donors (Lipinski definition) is 1. The Balaban J connectivity index is 2.28. The van der Waals surface area contributed by atoms with Crippen LogP contribution in [0.3, 0.4) is 0 Å². The van der Waals surface area contributed by atoms with Crippen LogP contribution in [-0.4, -0.2) is 4.92 Å². The minimum absolute atomic E-state index is 0.101. The summed E-state index contributed by atoms with van der Waals surface area (Å²) in [6.45, 7) is 0. The van der Waals surface area contributed by atoms with Gasteiger partial charge in [0.2, 0.25) is 0 Å². The zero-order valence-electron chi connectivity index (χ0n) is 9.74. The minimum Gasteiger partial charge on any atom is -0.455 e. The van der Waals surface area contributed by atoms with Gasteiger partial charge < -0.3 is 10.5 Å². The summed E-state index contributed by atoms with van der Waals surface area (Å²) in [5.74, 6) is 0.750. The number of nitrogens with zero attached hydrogens (tertiary/aromatic N) is 2. The van der Waals surface area contributed by atoms with Crippen molar-refractivity contribution in [1.82, 2.24) is 0 Å². The van der Waals surface area contributed by atoms with Gasteiger partial charge in [0.1, 0.15) is 5.75 Å². The Bertz CT molecular complexity index is 677. The first-order valence-electron chi connectivity index (χ1n) is 5.32. The van der Waals surface area contributed by atoms with Gasteiger partial charge in [0.25, 0.3) is 5.69 Å². The van der Waals surface area contributed by atoms with Crippen molar-refractivity contribution in [3.05, 3.63) is 58.1 Å². The van der Waals surface area contributed by atoms with Crippen LogP contribution in [0.4, 0.5) is 11.4 Å². The Morgan fingerprint density at radius 2 is 2.05 bits per heavy atom. The molecule has 0 bridgehead atoms. The van der Waals surface area contributed by atoms with Crippen LogP contribution in [0.1, 0.15) is 5.56 Å². The molecule has 0 unspecified atom stereocenters. The summed E-state index contributed by atoms with van der Waals surface area (Å²) in [5.41, 5.74) is 6.20. The van der Waals surface area contributed by atoms with Crippen molar-refractivity contribution in [2.45, 2.75) is 0 Å². The van der Waals surface area contributed by atoms with Crippen LogP contribution in [0.25, 0.3) is 0 Å². The van der Waals surface area contributed by atoms with Crippen LogP contribution in [0, 0.1) is 21.4 Å². The Labute approximate surface area is 108 Å². The first-order chi connectivity index (χ1) is 9.10. The van der Waals surface area contributed by atoms with Gasteiger partial charge in [0.05, 0.1) is 22.2 Å². The molecule has 2 aromatic rings. The van der Waals surface area contributed by atoms with E-state index in [1.165, 1.54) is 18.2 Å². The quantitative estimate of drug-likeness (QED) is 0.516. The van der Waals surface area contributed by atoms with E-state index in [0.29, 0.717) is 17.1 Å². The second kappa shape index (κ2) is 5.06. The molecule has 0 aliphatic heterocycles. The normalized spacial score (nSPS) is 9.63. The zero-order valence-corrected chi connectivity index (χ0v) is 9.74. The van der Waals surface area contributed by atoms with E-state index in [2.05, 4.69) is 0 Å². The SMILES string of the molecule is N#Cc1cccc(Oc2ccc([N+](=O)[O-])cc2N)c1. The molecule has 0 aliphatic rings. The predicted molar refractivity (Wildman–Crippen MR) is 68.7 cm³/mol. The van der Waals surface area contributed by atoms with Gasteiger partial charge in [-0.3, -0.25) is 10.1 Å². The summed E-state index contributed by atoms with van der Waals surface area (Å²) in [4.78, 5) is 10.0. The van der Waals surface area contributed by atoms with Gasteiger partial charge >= 0.3 is 0 Å². The second-order valence-electron chi connectivity index (χ2n) is 3.72. The van der Waals surface area contributed by atoms with E-state index in [9.17, 15) is 10.1 Å². The number of nitrogens with two attached hydrogens (primary N) is 1. The molecule has 2 N–H and O–H groups in total. The van der Waals surface area contributed by atoms with Crippen molar-refractivity contribution < 1.29 is 9.66 Å². The van der Waals surface area contributed by atoms with Crippen LogP contribution in [0.15, 0.2) is 42.5 Å². The Morgan fingerprint density at radius 1 is 1.26 bits per heavy atom. The number of ether oxygens (including phenoxy) is 1. The summed E-state index contributed by atoms with van der Waals surface area (Å²) in [5, 5.41) is 19.4. The fourth-order valence-corrected chi connectivity index (χ4v) is 1.50. The van der Waals surface area contributed by atoms with E-state index in [1.807, 2.05) is 6.07 Å². The summed E-state index contributed by atoms with van der Waals surface area (Å²) in [6, 6.07) is 12.5. The third-order valence-corrected chi connectivity index (χ3v) is 2.40. The molecule has 19 heavy (non-hydrogen) atoms. The third-order valence-electron chi connectivity index (χ3n) is 2.40. The van der Waals surface area contributed by atoms with Gasteiger partial charge in [-0.25, -0.2) is 0 Å². The maximum absolute atomic E-state index is 10.6. The lowest BCUT2D eigenvalue weighted by Crippen LogP contribution is -1.95. The molecule has 6 heteroatoms. The smallest absolute Gasteiger partial charge is 0.271 e. The van der Waals surface area contributed by atoms with Gasteiger partial charge in [-0.2, -0.15) is 5.26 Å². The maximum Gasteiger partial charge on any atom is 0.271 e. The molecular weight excluding hydrogens is 246 g/mol. The number of benzene rings is 2. The van der Waals surface area contributed by atoms with Crippen molar-refractivity contribution >= 4 is 11.4 Å². The number of non-ortho nitro benzene ring substituents is 1. The van der Waals surface area contributed by atoms with Crippen LogP contribution in [0.2, 0.25) is 0 Å². The molecule has 0 amide bonds. The van der Waals surface area contributed by atoms with Gasteiger partial charge in [-0.15, -0.1) is 0 Å². The van der Waals surface area contributed by atoms with Crippen molar-refractivity contribution in [1.29, 1.82) is 5.26 Å². The average molecular weight is 255 g/mol. The average Bonchev–Trinajstić information content (AvgIpc) is 2.41. The fourth-order valence-electron chi connectivity index (χ4n) is 1.50. The molecule has 2 rings (SSSR count). The molecule has 0 fully saturated rings. The molecule has 0 atom stereocenters. The molecule has 2 aromatic carbocycles. The molecule has 0 aromatic heterocycles. The number of nitro benzene ring substituents is 1. The lowest BCUT2D eigenvalue weighted by Gasteiger charge is -2.08. The van der Waals surface area contributed by atoms with E-state index in [4.69, 9.17) is 15.7 Å². The molecule has 0 spiro atoms. The molecule has 0 radical (unpaired) electrons. The minimum atomic E-state index is -0.531. The summed E-state index contributed by atoms with van der Waals surface area (Å²) in [6.07, 6.45) is 0. The lowest BCUT2D eigenvalue weighted by molar-refractivity contribution is -0.384. The highest BCUT2D eigenvalue weighted by molar-refractivity contribution is 5.59. The number of nitriles is 1. The highest BCUT2D eigenvalue weighted by Crippen LogP contribution is 2.30. The number of rotatable bonds is 3. The number of anilines is 1. The van der Waals surface area contributed by atoms with Crippen molar-refractivity contribution in [2.75, 3.05) is 5.73 Å². The first-order valence-corrected chi connectivity index (χ1v) is 5.32. The summed E-state index contributed by atoms with van der Waals surface area (Å²) >= 11 is 0. The van der Waals surface area contributed by atoms with Crippen molar-refractivity contribution in [2.24, 2.45) is 0 Å². The predicted octanol–water partition coefficient (Wildman–Crippen LogP) is 2.84. The Morgan fingerprint density at radius 3 is 2.68 bits per heavy atom. The van der Waals surface area contributed by atoms with E-state index < -0.39 is 4.92 Å². The van der Waals surface area contributed by atoms with E-state index >= 15 is 0 Å². The maximum atomic E-state index is 10.6. The molecular formula is C13H9N3O3. The number of nitrogen functional groups attached to an aromatic ring is 1. The fraction of sp³-hybridized carbons (Fsp3) is 0.